The number of nitrogens with zero attached hydrogens (tertiary/aromatic N) is 3. The first-order valence-electron chi connectivity index (χ1n) is 9.80. The molecule has 0 bridgehead atoms. The fourth-order valence-corrected chi connectivity index (χ4v) is 4.21. The van der Waals surface area contributed by atoms with Crippen LogP contribution in [0.4, 0.5) is 4.39 Å². The Hall–Kier alpha value is -3.22. The molecule has 0 radical (unpaired) electrons. The molecule has 0 atom stereocenters. The molecule has 0 saturated heterocycles. The van der Waals surface area contributed by atoms with Gasteiger partial charge in [0.25, 0.3) is 17.7 Å². The lowest BCUT2D eigenvalue weighted by Crippen LogP contribution is -2.38. The molecule has 148 valence electrons. The zero-order chi connectivity index (χ0) is 20.1. The number of fused-ring (bicyclic) bond motifs is 2. The van der Waals surface area contributed by atoms with Gasteiger partial charge in [0.1, 0.15) is 0 Å². The summed E-state index contributed by atoms with van der Waals surface area (Å²) in [5.41, 5.74) is 2.61. The van der Waals surface area contributed by atoms with Gasteiger partial charge in [0.15, 0.2) is 0 Å². The lowest BCUT2D eigenvalue weighted by Gasteiger charge is -2.26. The van der Waals surface area contributed by atoms with Gasteiger partial charge in [-0.3, -0.25) is 19.3 Å². The topological polar surface area (TPSA) is 62.6 Å². The average molecular weight is 393 g/mol. The highest BCUT2D eigenvalue weighted by atomic mass is 19.1. The van der Waals surface area contributed by atoms with Crippen molar-refractivity contribution in [1.82, 2.24) is 14.4 Å². The second kappa shape index (κ2) is 6.69. The van der Waals surface area contributed by atoms with E-state index >= 15 is 0 Å². The van der Waals surface area contributed by atoms with Crippen molar-refractivity contribution in [2.75, 3.05) is 13.1 Å². The monoisotopic (exact) mass is 393 g/mol. The second-order valence-electron chi connectivity index (χ2n) is 7.86. The Labute approximate surface area is 167 Å². The normalized spacial score (nSPS) is 19.1. The summed E-state index contributed by atoms with van der Waals surface area (Å²) < 4.78 is 15.4. The van der Waals surface area contributed by atoms with Gasteiger partial charge < -0.3 is 9.47 Å². The number of benzene rings is 1. The Morgan fingerprint density at radius 2 is 1.66 bits per heavy atom. The summed E-state index contributed by atoms with van der Waals surface area (Å²) in [6, 6.07) is 6.98. The number of hydrogen-bond acceptors (Lipinski definition) is 3. The largest absolute Gasteiger partial charge is 0.349 e. The summed E-state index contributed by atoms with van der Waals surface area (Å²) in [4.78, 5) is 40.7. The van der Waals surface area contributed by atoms with E-state index in [1.165, 1.54) is 0 Å². The highest BCUT2D eigenvalue weighted by Crippen LogP contribution is 2.32. The first kappa shape index (κ1) is 17.8. The molecule has 6 nitrogen and oxygen atoms in total. The van der Waals surface area contributed by atoms with Crippen LogP contribution in [0, 0.1) is 0 Å². The highest BCUT2D eigenvalue weighted by molar-refractivity contribution is 6.21. The number of rotatable bonds is 5. The Balaban J connectivity index is 1.32. The highest BCUT2D eigenvalue weighted by Gasteiger charge is 2.37. The van der Waals surface area contributed by atoms with Gasteiger partial charge >= 0.3 is 0 Å². The molecule has 3 amide bonds. The minimum Gasteiger partial charge on any atom is -0.349 e. The summed E-state index contributed by atoms with van der Waals surface area (Å²) in [7, 11) is 0. The van der Waals surface area contributed by atoms with Crippen molar-refractivity contribution in [2.24, 2.45) is 0 Å². The van der Waals surface area contributed by atoms with E-state index in [-0.39, 0.29) is 19.0 Å². The van der Waals surface area contributed by atoms with Crippen molar-refractivity contribution < 1.29 is 18.8 Å². The van der Waals surface area contributed by atoms with E-state index in [0.717, 1.165) is 36.3 Å². The molecule has 2 aromatic rings. The van der Waals surface area contributed by atoms with E-state index in [4.69, 9.17) is 0 Å². The molecule has 1 aromatic carbocycles. The van der Waals surface area contributed by atoms with Gasteiger partial charge in [-0.15, -0.1) is 0 Å². The van der Waals surface area contributed by atoms with E-state index in [1.54, 1.807) is 35.0 Å². The molecule has 1 saturated carbocycles. The molecule has 5 rings (SSSR count). The predicted octanol–water partition coefficient (Wildman–Crippen LogP) is 2.80. The first-order chi connectivity index (χ1) is 14.1. The summed E-state index contributed by atoms with van der Waals surface area (Å²) in [6.07, 6.45) is 6.98. The van der Waals surface area contributed by atoms with Crippen LogP contribution < -0.4 is 0 Å². The van der Waals surface area contributed by atoms with Crippen LogP contribution >= 0.6 is 0 Å². The molecule has 1 aliphatic carbocycles. The van der Waals surface area contributed by atoms with E-state index in [0.29, 0.717) is 34.6 Å². The van der Waals surface area contributed by atoms with Crippen molar-refractivity contribution in [1.29, 1.82) is 0 Å². The molecular weight excluding hydrogens is 373 g/mol. The molecule has 29 heavy (non-hydrogen) atoms. The molecule has 0 N–H and O–H groups in total. The maximum absolute atomic E-state index is 13.6. The Kier molecular flexibility index (Phi) is 4.12. The fraction of sp³-hybridized carbons (Fsp3) is 0.318. The smallest absolute Gasteiger partial charge is 0.261 e. The third kappa shape index (κ3) is 2.97. The van der Waals surface area contributed by atoms with Crippen molar-refractivity contribution in [3.8, 4) is 0 Å². The zero-order valence-electron chi connectivity index (χ0n) is 15.8. The van der Waals surface area contributed by atoms with Gasteiger partial charge in [-0.2, -0.15) is 0 Å². The van der Waals surface area contributed by atoms with Crippen molar-refractivity contribution in [2.45, 2.75) is 31.8 Å². The summed E-state index contributed by atoms with van der Waals surface area (Å²) in [5, 5.41) is 0. The molecule has 3 heterocycles. The molecule has 2 aliphatic heterocycles. The Morgan fingerprint density at radius 1 is 0.966 bits per heavy atom. The molecule has 1 aromatic heterocycles. The number of hydrogen-bond donors (Lipinski definition) is 0. The van der Waals surface area contributed by atoms with Crippen LogP contribution in [-0.2, 0) is 13.0 Å². The van der Waals surface area contributed by atoms with Crippen LogP contribution in [-0.4, -0.2) is 51.2 Å². The van der Waals surface area contributed by atoms with Crippen molar-refractivity contribution >= 4 is 17.7 Å². The van der Waals surface area contributed by atoms with Gasteiger partial charge in [-0.25, -0.2) is 4.39 Å². The van der Waals surface area contributed by atoms with Crippen LogP contribution in [0.1, 0.15) is 49.5 Å². The standard InChI is InChI=1S/C22H20FN3O3/c23-9-14(11-26-20(27)17-3-1-2-4-18(17)21(26)28)10-24-12-15-7-8-25(16-5-6-16)22(29)19(15)13-24/h1-4,9,12-13,16H,5-8,10-11H2. The number of carbonyl (C=O) groups excluding carboxylic acids is 3. The minimum absolute atomic E-state index is 0.0404. The van der Waals surface area contributed by atoms with Gasteiger partial charge in [0.05, 0.1) is 29.6 Å². The number of imide groups is 1. The van der Waals surface area contributed by atoms with Crippen molar-refractivity contribution in [3.63, 3.8) is 0 Å². The zero-order valence-corrected chi connectivity index (χ0v) is 15.8. The van der Waals surface area contributed by atoms with Crippen LogP contribution in [0.5, 0.6) is 0 Å². The molecule has 0 unspecified atom stereocenters. The summed E-state index contributed by atoms with van der Waals surface area (Å²) in [6.45, 7) is 0.781. The van der Waals surface area contributed by atoms with Crippen LogP contribution in [0.3, 0.4) is 0 Å². The van der Waals surface area contributed by atoms with E-state index < -0.39 is 11.8 Å². The average Bonchev–Trinajstić information content (AvgIpc) is 3.44. The first-order valence-corrected chi connectivity index (χ1v) is 9.80. The van der Waals surface area contributed by atoms with E-state index in [9.17, 15) is 18.8 Å². The molecule has 7 heteroatoms. The Bertz CT molecular complexity index is 1030. The lowest BCUT2D eigenvalue weighted by atomic mass is 10.0. The third-order valence-electron chi connectivity index (χ3n) is 5.84. The lowest BCUT2D eigenvalue weighted by molar-refractivity contribution is 0.0664. The molecular formula is C22H20FN3O3. The number of carbonyl (C=O) groups is 3. The van der Waals surface area contributed by atoms with Crippen LogP contribution in [0.2, 0.25) is 0 Å². The SMILES string of the molecule is O=C1c2ccccc2C(=O)N1CC(=CF)Cn1cc2c(c1)C(=O)N(C1CC1)CC2. The number of halogens is 1. The van der Waals surface area contributed by atoms with Crippen molar-refractivity contribution in [3.05, 3.63) is 70.8 Å². The Morgan fingerprint density at radius 3 is 2.28 bits per heavy atom. The van der Waals surface area contributed by atoms with Gasteiger partial charge in [-0.1, -0.05) is 12.1 Å². The van der Waals surface area contributed by atoms with E-state index in [1.807, 2.05) is 11.1 Å². The minimum atomic E-state index is -0.410. The van der Waals surface area contributed by atoms with E-state index in [2.05, 4.69) is 0 Å². The number of amides is 3. The number of aromatic nitrogens is 1. The summed E-state index contributed by atoms with van der Waals surface area (Å²) >= 11 is 0. The maximum atomic E-state index is 13.6. The maximum Gasteiger partial charge on any atom is 0.261 e. The quantitative estimate of drug-likeness (QED) is 0.734. The molecule has 3 aliphatic rings. The third-order valence-corrected chi connectivity index (χ3v) is 5.84. The van der Waals surface area contributed by atoms with Gasteiger partial charge in [0, 0.05) is 31.5 Å². The van der Waals surface area contributed by atoms with Gasteiger partial charge in [-0.05, 0) is 42.5 Å². The van der Waals surface area contributed by atoms with Crippen LogP contribution in [0.15, 0.2) is 48.6 Å². The predicted molar refractivity (Wildman–Crippen MR) is 103 cm³/mol. The summed E-state index contributed by atoms with van der Waals surface area (Å²) in [5.74, 6) is -0.780. The molecule has 1 fully saturated rings. The second-order valence-corrected chi connectivity index (χ2v) is 7.86. The van der Waals surface area contributed by atoms with Crippen LogP contribution in [0.25, 0.3) is 0 Å². The molecule has 0 spiro atoms. The van der Waals surface area contributed by atoms with Gasteiger partial charge in [0.2, 0.25) is 0 Å². The fourth-order valence-electron chi connectivity index (χ4n) is 4.21.